The van der Waals surface area contributed by atoms with Gasteiger partial charge in [-0.15, -0.1) is 0 Å². The van der Waals surface area contributed by atoms with Crippen LogP contribution in [0.25, 0.3) is 0 Å². The van der Waals surface area contributed by atoms with Crippen molar-refractivity contribution in [1.82, 2.24) is 9.88 Å². The largest absolute Gasteiger partial charge is 0.488 e. The van der Waals surface area contributed by atoms with E-state index in [1.807, 2.05) is 37.8 Å². The van der Waals surface area contributed by atoms with E-state index in [1.54, 1.807) is 36.2 Å². The molecule has 2 aliphatic rings. The van der Waals surface area contributed by atoms with Gasteiger partial charge >= 0.3 is 5.97 Å². The summed E-state index contributed by atoms with van der Waals surface area (Å²) in [5.41, 5.74) is -0.0115. The number of rotatable bonds is 3. The van der Waals surface area contributed by atoms with Gasteiger partial charge < -0.3 is 19.3 Å². The summed E-state index contributed by atoms with van der Waals surface area (Å²) in [7, 11) is 0. The molecule has 1 aromatic carbocycles. The molecule has 8 heteroatoms. The summed E-state index contributed by atoms with van der Waals surface area (Å²) in [5, 5.41) is 0. The van der Waals surface area contributed by atoms with E-state index in [-0.39, 0.29) is 11.9 Å². The molecule has 0 aliphatic carbocycles. The SMILES string of the molecule is CC1(F)CCN(C(=O)c2cnc3c(c2)OCCN3c2ccc(C(=O)OC(C)(C)C)cc2)CC1. The zero-order valence-electron chi connectivity index (χ0n) is 19.6. The van der Waals surface area contributed by atoms with Gasteiger partial charge in [-0.3, -0.25) is 4.79 Å². The van der Waals surface area contributed by atoms with Gasteiger partial charge in [0.2, 0.25) is 0 Å². The van der Waals surface area contributed by atoms with Crippen LogP contribution in [0.5, 0.6) is 5.75 Å². The van der Waals surface area contributed by atoms with Gasteiger partial charge in [0, 0.05) is 25.0 Å². The van der Waals surface area contributed by atoms with Crippen LogP contribution in [0.15, 0.2) is 36.5 Å². The minimum absolute atomic E-state index is 0.164. The average molecular weight is 456 g/mol. The lowest BCUT2D eigenvalue weighted by molar-refractivity contribution is 0.00692. The maximum Gasteiger partial charge on any atom is 0.338 e. The van der Waals surface area contributed by atoms with Crippen molar-refractivity contribution >= 4 is 23.4 Å². The quantitative estimate of drug-likeness (QED) is 0.633. The number of hydrogen-bond donors (Lipinski definition) is 0. The summed E-state index contributed by atoms with van der Waals surface area (Å²) in [4.78, 5) is 33.4. The lowest BCUT2D eigenvalue weighted by Crippen LogP contribution is -2.43. The lowest BCUT2D eigenvalue weighted by Gasteiger charge is -2.34. The summed E-state index contributed by atoms with van der Waals surface area (Å²) in [6, 6.07) is 8.85. The number of benzene rings is 1. The van der Waals surface area contributed by atoms with Crippen molar-refractivity contribution in [2.24, 2.45) is 0 Å². The molecule has 0 unspecified atom stereocenters. The van der Waals surface area contributed by atoms with E-state index >= 15 is 0 Å². The summed E-state index contributed by atoms with van der Waals surface area (Å²) < 4.78 is 25.3. The first kappa shape index (κ1) is 23.0. The topological polar surface area (TPSA) is 72.0 Å². The molecule has 1 aromatic heterocycles. The zero-order chi connectivity index (χ0) is 23.8. The van der Waals surface area contributed by atoms with E-state index in [2.05, 4.69) is 4.98 Å². The van der Waals surface area contributed by atoms with Crippen LogP contribution in [0.4, 0.5) is 15.9 Å². The number of likely N-dealkylation sites (tertiary alicyclic amines) is 1. The fraction of sp³-hybridized carbons (Fsp3) is 0.480. The fourth-order valence-corrected chi connectivity index (χ4v) is 3.94. The predicted octanol–water partition coefficient (Wildman–Crippen LogP) is 4.53. The van der Waals surface area contributed by atoms with Crippen LogP contribution in [0, 0.1) is 0 Å². The molecule has 0 radical (unpaired) electrons. The van der Waals surface area contributed by atoms with Crippen LogP contribution in [0.2, 0.25) is 0 Å². The van der Waals surface area contributed by atoms with Crippen molar-refractivity contribution in [2.45, 2.75) is 51.8 Å². The van der Waals surface area contributed by atoms with Crippen LogP contribution < -0.4 is 9.64 Å². The van der Waals surface area contributed by atoms with Crippen molar-refractivity contribution in [3.63, 3.8) is 0 Å². The Morgan fingerprint density at radius 2 is 1.76 bits per heavy atom. The highest BCUT2D eigenvalue weighted by Gasteiger charge is 2.32. The number of alkyl halides is 1. The van der Waals surface area contributed by atoms with Gasteiger partial charge in [0.1, 0.15) is 17.9 Å². The number of amides is 1. The molecule has 7 nitrogen and oxygen atoms in total. The summed E-state index contributed by atoms with van der Waals surface area (Å²) in [5.74, 6) is 0.597. The van der Waals surface area contributed by atoms with Gasteiger partial charge in [-0.05, 0) is 70.9 Å². The smallest absolute Gasteiger partial charge is 0.338 e. The van der Waals surface area contributed by atoms with Crippen molar-refractivity contribution in [2.75, 3.05) is 31.1 Å². The van der Waals surface area contributed by atoms with Gasteiger partial charge in [0.05, 0.1) is 17.7 Å². The molecular formula is C25H30FN3O4. The number of aromatic nitrogens is 1. The first-order chi connectivity index (χ1) is 15.5. The Labute approximate surface area is 193 Å². The van der Waals surface area contributed by atoms with Crippen LogP contribution in [-0.4, -0.2) is 59.3 Å². The first-order valence-electron chi connectivity index (χ1n) is 11.2. The van der Waals surface area contributed by atoms with E-state index < -0.39 is 11.3 Å². The number of hydrogen-bond acceptors (Lipinski definition) is 6. The number of ether oxygens (including phenoxy) is 2. The van der Waals surface area contributed by atoms with Crippen LogP contribution in [-0.2, 0) is 4.74 Å². The van der Waals surface area contributed by atoms with E-state index in [4.69, 9.17) is 9.47 Å². The Morgan fingerprint density at radius 3 is 2.39 bits per heavy atom. The summed E-state index contributed by atoms with van der Waals surface area (Å²) in [6.07, 6.45) is 2.21. The van der Waals surface area contributed by atoms with Crippen molar-refractivity contribution < 1.29 is 23.5 Å². The third-order valence-electron chi connectivity index (χ3n) is 5.81. The molecule has 176 valence electrons. The molecule has 1 saturated heterocycles. The van der Waals surface area contributed by atoms with Gasteiger partial charge in [0.25, 0.3) is 5.91 Å². The lowest BCUT2D eigenvalue weighted by atomic mass is 9.95. The maximum atomic E-state index is 14.1. The van der Waals surface area contributed by atoms with Gasteiger partial charge in [-0.25, -0.2) is 14.2 Å². The van der Waals surface area contributed by atoms with Crippen molar-refractivity contribution in [1.29, 1.82) is 0 Å². The van der Waals surface area contributed by atoms with Gasteiger partial charge in [-0.2, -0.15) is 0 Å². The molecule has 0 atom stereocenters. The Hall–Kier alpha value is -3.16. The van der Waals surface area contributed by atoms with E-state index in [0.29, 0.717) is 61.8 Å². The molecule has 0 saturated carbocycles. The molecule has 0 bridgehead atoms. The first-order valence-corrected chi connectivity index (χ1v) is 11.2. The monoisotopic (exact) mass is 455 g/mol. The number of carbonyl (C=O) groups is 2. The molecule has 0 spiro atoms. The van der Waals surface area contributed by atoms with Crippen molar-refractivity contribution in [3.05, 3.63) is 47.7 Å². The molecule has 1 amide bonds. The minimum Gasteiger partial charge on any atom is -0.488 e. The number of anilines is 2. The highest BCUT2D eigenvalue weighted by Crippen LogP contribution is 2.36. The van der Waals surface area contributed by atoms with Crippen LogP contribution in [0.1, 0.15) is 61.3 Å². The van der Waals surface area contributed by atoms with Crippen LogP contribution in [0.3, 0.4) is 0 Å². The standard InChI is InChI=1S/C25H30FN3O4/c1-24(2,3)33-23(31)17-5-7-19(8-6-17)29-13-14-32-20-15-18(16-27-21(20)29)22(30)28-11-9-25(4,26)10-12-28/h5-8,15-16H,9-14H2,1-4H3. The Balaban J connectivity index is 1.50. The normalized spacial score (nSPS) is 17.7. The second kappa shape index (κ2) is 8.65. The maximum absolute atomic E-state index is 14.1. The summed E-state index contributed by atoms with van der Waals surface area (Å²) >= 11 is 0. The molecule has 2 aromatic rings. The zero-order valence-corrected chi connectivity index (χ0v) is 19.6. The third kappa shape index (κ3) is 5.26. The molecule has 1 fully saturated rings. The molecule has 0 N–H and O–H groups in total. The number of nitrogens with zero attached hydrogens (tertiary/aromatic N) is 3. The average Bonchev–Trinajstić information content (AvgIpc) is 2.77. The Bertz CT molecular complexity index is 1040. The number of piperidine rings is 1. The summed E-state index contributed by atoms with van der Waals surface area (Å²) in [6.45, 7) is 8.87. The van der Waals surface area contributed by atoms with E-state index in [1.165, 1.54) is 0 Å². The van der Waals surface area contributed by atoms with Crippen LogP contribution >= 0.6 is 0 Å². The van der Waals surface area contributed by atoms with Crippen molar-refractivity contribution in [3.8, 4) is 5.75 Å². The number of pyridine rings is 1. The van der Waals surface area contributed by atoms with E-state index in [0.717, 1.165) is 5.69 Å². The molecule has 4 rings (SSSR count). The second-order valence-electron chi connectivity index (χ2n) is 9.80. The Kier molecular flexibility index (Phi) is 6.03. The van der Waals surface area contributed by atoms with E-state index in [9.17, 15) is 14.0 Å². The number of fused-ring (bicyclic) bond motifs is 1. The molecule has 3 heterocycles. The minimum atomic E-state index is -1.21. The molecule has 2 aliphatic heterocycles. The number of halogens is 1. The molecule has 33 heavy (non-hydrogen) atoms. The van der Waals surface area contributed by atoms with Gasteiger partial charge in [-0.1, -0.05) is 0 Å². The Morgan fingerprint density at radius 1 is 1.09 bits per heavy atom. The fourth-order valence-electron chi connectivity index (χ4n) is 3.94. The number of carbonyl (C=O) groups excluding carboxylic acids is 2. The van der Waals surface area contributed by atoms with Gasteiger partial charge in [0.15, 0.2) is 11.6 Å². The highest BCUT2D eigenvalue weighted by atomic mass is 19.1. The predicted molar refractivity (Wildman–Crippen MR) is 123 cm³/mol. The number of esters is 1. The third-order valence-corrected chi connectivity index (χ3v) is 5.81. The molecular weight excluding hydrogens is 425 g/mol. The highest BCUT2D eigenvalue weighted by molar-refractivity contribution is 5.95. The second-order valence-corrected chi connectivity index (χ2v) is 9.80.